The molecule has 0 aliphatic carbocycles. The van der Waals surface area contributed by atoms with Gasteiger partial charge in [0.25, 0.3) is 0 Å². The van der Waals surface area contributed by atoms with Gasteiger partial charge in [-0.15, -0.1) is 0 Å². The minimum absolute atomic E-state index is 0.105. The van der Waals surface area contributed by atoms with Crippen LogP contribution >= 0.6 is 0 Å². The molecule has 4 aromatic rings. The number of likely N-dealkylation sites (tertiary alicyclic amines) is 1. The monoisotopic (exact) mass is 375 g/mol. The van der Waals surface area contributed by atoms with E-state index in [2.05, 4.69) is 55.8 Å². The fraction of sp³-hybridized carbons (Fsp3) is 0.364. The molecule has 1 fully saturated rings. The molecule has 5 rings (SSSR count). The lowest BCUT2D eigenvalue weighted by atomic mass is 10.0. The van der Waals surface area contributed by atoms with Gasteiger partial charge < -0.3 is 14.7 Å². The Hall–Kier alpha value is -2.70. The average molecular weight is 375 g/mol. The van der Waals surface area contributed by atoms with Crippen LogP contribution in [-0.2, 0) is 13.0 Å². The first kappa shape index (κ1) is 17.4. The van der Waals surface area contributed by atoms with Gasteiger partial charge in [0.2, 0.25) is 0 Å². The number of aromatic amines is 1. The molecule has 28 heavy (non-hydrogen) atoms. The van der Waals surface area contributed by atoms with E-state index in [1.165, 1.54) is 5.56 Å². The third-order valence-corrected chi connectivity index (χ3v) is 5.74. The van der Waals surface area contributed by atoms with Gasteiger partial charge in [-0.2, -0.15) is 0 Å². The van der Waals surface area contributed by atoms with Crippen LogP contribution in [-0.4, -0.2) is 49.2 Å². The van der Waals surface area contributed by atoms with E-state index >= 15 is 0 Å². The van der Waals surface area contributed by atoms with Crippen molar-refractivity contribution in [2.24, 2.45) is 0 Å². The second-order valence-electron chi connectivity index (χ2n) is 7.62. The molecule has 144 valence electrons. The maximum absolute atomic E-state index is 9.60. The number of nitrogens with zero attached hydrogens (tertiary/aromatic N) is 4. The van der Waals surface area contributed by atoms with Gasteiger partial charge in [-0.25, -0.2) is 9.97 Å². The summed E-state index contributed by atoms with van der Waals surface area (Å²) in [6.07, 6.45) is 6.63. The van der Waals surface area contributed by atoms with Gasteiger partial charge in [-0.05, 0) is 31.0 Å². The third kappa shape index (κ3) is 3.08. The molecule has 4 heterocycles. The summed E-state index contributed by atoms with van der Waals surface area (Å²) >= 11 is 0. The summed E-state index contributed by atoms with van der Waals surface area (Å²) in [5.41, 5.74) is 4.30. The van der Waals surface area contributed by atoms with E-state index in [4.69, 9.17) is 4.98 Å². The van der Waals surface area contributed by atoms with Gasteiger partial charge in [-0.3, -0.25) is 4.90 Å². The van der Waals surface area contributed by atoms with Crippen molar-refractivity contribution in [3.05, 3.63) is 60.2 Å². The highest BCUT2D eigenvalue weighted by Gasteiger charge is 2.26. The van der Waals surface area contributed by atoms with E-state index in [0.717, 1.165) is 60.4 Å². The quantitative estimate of drug-likeness (QED) is 0.562. The largest absolute Gasteiger partial charge is 0.396 e. The number of aromatic nitrogens is 4. The summed E-state index contributed by atoms with van der Waals surface area (Å²) in [7, 11) is 0. The van der Waals surface area contributed by atoms with Crippen molar-refractivity contribution in [2.75, 3.05) is 19.7 Å². The lowest BCUT2D eigenvalue weighted by Gasteiger charge is -2.34. The number of hydrogen-bond donors (Lipinski definition) is 2. The van der Waals surface area contributed by atoms with Crippen LogP contribution in [0.5, 0.6) is 0 Å². The van der Waals surface area contributed by atoms with Crippen LogP contribution in [0.2, 0.25) is 0 Å². The highest BCUT2D eigenvalue weighted by atomic mass is 16.3. The first-order chi connectivity index (χ1) is 13.8. The lowest BCUT2D eigenvalue weighted by Crippen LogP contribution is -2.36. The summed E-state index contributed by atoms with van der Waals surface area (Å²) in [5, 5.41) is 10.7. The molecule has 0 amide bonds. The first-order valence-corrected chi connectivity index (χ1v) is 10.0. The summed E-state index contributed by atoms with van der Waals surface area (Å²) in [5.74, 6) is 0.958. The molecule has 6 nitrogen and oxygen atoms in total. The van der Waals surface area contributed by atoms with Crippen molar-refractivity contribution in [3.8, 4) is 0 Å². The SMILES string of the molecule is OCCc1nc2cnc3[nH]ccc3c2n1C1CCCN(Cc2ccccc2)C1. The summed E-state index contributed by atoms with van der Waals surface area (Å²) in [6.45, 7) is 3.19. The van der Waals surface area contributed by atoms with Gasteiger partial charge >= 0.3 is 0 Å². The fourth-order valence-electron chi connectivity index (χ4n) is 4.54. The number of nitrogens with one attached hydrogen (secondary N) is 1. The molecule has 1 aliphatic rings. The van der Waals surface area contributed by atoms with E-state index in [0.29, 0.717) is 12.5 Å². The number of benzene rings is 1. The van der Waals surface area contributed by atoms with Gasteiger partial charge in [0.1, 0.15) is 17.0 Å². The van der Waals surface area contributed by atoms with Gasteiger partial charge in [0, 0.05) is 37.1 Å². The van der Waals surface area contributed by atoms with Crippen LogP contribution in [0.1, 0.15) is 30.3 Å². The number of imidazole rings is 1. The van der Waals surface area contributed by atoms with Gasteiger partial charge in [0.05, 0.1) is 18.3 Å². The minimum Gasteiger partial charge on any atom is -0.396 e. The molecule has 0 saturated carbocycles. The van der Waals surface area contributed by atoms with Crippen molar-refractivity contribution in [1.29, 1.82) is 0 Å². The Morgan fingerprint density at radius 3 is 2.93 bits per heavy atom. The number of hydrogen-bond acceptors (Lipinski definition) is 4. The second kappa shape index (κ2) is 7.37. The van der Waals surface area contributed by atoms with Crippen molar-refractivity contribution >= 4 is 22.1 Å². The molecule has 1 aliphatic heterocycles. The third-order valence-electron chi connectivity index (χ3n) is 5.74. The zero-order valence-corrected chi connectivity index (χ0v) is 15.9. The first-order valence-electron chi connectivity index (χ1n) is 10.0. The molecule has 1 atom stereocenters. The fourth-order valence-corrected chi connectivity index (χ4v) is 4.54. The zero-order valence-electron chi connectivity index (χ0n) is 15.9. The molecule has 3 aromatic heterocycles. The molecule has 1 aromatic carbocycles. The Morgan fingerprint density at radius 2 is 2.07 bits per heavy atom. The van der Waals surface area contributed by atoms with E-state index in [-0.39, 0.29) is 6.61 Å². The Kier molecular flexibility index (Phi) is 4.58. The van der Waals surface area contributed by atoms with E-state index in [1.807, 2.05) is 12.4 Å². The van der Waals surface area contributed by atoms with Crippen LogP contribution in [0.3, 0.4) is 0 Å². The minimum atomic E-state index is 0.105. The zero-order chi connectivity index (χ0) is 18.9. The topological polar surface area (TPSA) is 70.0 Å². The number of pyridine rings is 1. The lowest BCUT2D eigenvalue weighted by molar-refractivity contribution is 0.169. The molecule has 1 unspecified atom stereocenters. The summed E-state index contributed by atoms with van der Waals surface area (Å²) < 4.78 is 2.38. The molecule has 0 spiro atoms. The molecule has 0 bridgehead atoms. The van der Waals surface area contributed by atoms with E-state index < -0.39 is 0 Å². The number of piperidine rings is 1. The Bertz CT molecular complexity index is 1080. The van der Waals surface area contributed by atoms with Crippen molar-refractivity contribution in [2.45, 2.75) is 31.8 Å². The Balaban J connectivity index is 1.53. The van der Waals surface area contributed by atoms with Crippen molar-refractivity contribution < 1.29 is 5.11 Å². The van der Waals surface area contributed by atoms with Gasteiger partial charge in [-0.1, -0.05) is 30.3 Å². The molecule has 1 saturated heterocycles. The van der Waals surface area contributed by atoms with Crippen LogP contribution < -0.4 is 0 Å². The molecule has 0 radical (unpaired) electrons. The predicted octanol–water partition coefficient (Wildman–Crippen LogP) is 3.28. The average Bonchev–Trinajstić information content (AvgIpc) is 3.33. The standard InChI is InChI=1S/C22H25N5O/c28-12-9-20-25-19-13-24-22-18(8-10-23-22)21(19)27(20)17-7-4-11-26(15-17)14-16-5-2-1-3-6-16/h1-3,5-6,8,10,13,17,28H,4,7,9,11-12,14-15H2,(H,23,24). The van der Waals surface area contributed by atoms with Crippen molar-refractivity contribution in [3.63, 3.8) is 0 Å². The summed E-state index contributed by atoms with van der Waals surface area (Å²) in [4.78, 5) is 15.1. The predicted molar refractivity (Wildman–Crippen MR) is 110 cm³/mol. The smallest absolute Gasteiger partial charge is 0.139 e. The van der Waals surface area contributed by atoms with Crippen LogP contribution in [0, 0.1) is 0 Å². The second-order valence-corrected chi connectivity index (χ2v) is 7.62. The van der Waals surface area contributed by atoms with Crippen LogP contribution in [0.4, 0.5) is 0 Å². The highest BCUT2D eigenvalue weighted by Crippen LogP contribution is 2.32. The van der Waals surface area contributed by atoms with Crippen LogP contribution in [0.15, 0.2) is 48.8 Å². The Morgan fingerprint density at radius 1 is 1.18 bits per heavy atom. The number of fused-ring (bicyclic) bond motifs is 3. The number of aliphatic hydroxyl groups excluding tert-OH is 1. The number of aliphatic hydroxyl groups is 1. The van der Waals surface area contributed by atoms with Crippen molar-refractivity contribution in [1.82, 2.24) is 24.4 Å². The normalized spacial score (nSPS) is 18.2. The molecule has 2 N–H and O–H groups in total. The maximum atomic E-state index is 9.60. The van der Waals surface area contributed by atoms with Crippen LogP contribution in [0.25, 0.3) is 22.1 Å². The molecule has 6 heteroatoms. The van der Waals surface area contributed by atoms with E-state index in [9.17, 15) is 5.11 Å². The van der Waals surface area contributed by atoms with Gasteiger partial charge in [0.15, 0.2) is 0 Å². The number of H-pyrrole nitrogens is 1. The molecular formula is C22H25N5O. The van der Waals surface area contributed by atoms with E-state index in [1.54, 1.807) is 0 Å². The highest BCUT2D eigenvalue weighted by molar-refractivity contribution is 6.01. The number of rotatable bonds is 5. The molecular weight excluding hydrogens is 350 g/mol. The Labute approximate surface area is 163 Å². The summed E-state index contributed by atoms with van der Waals surface area (Å²) in [6, 6.07) is 13.1. The maximum Gasteiger partial charge on any atom is 0.139 e.